The summed E-state index contributed by atoms with van der Waals surface area (Å²) in [7, 11) is 1.57. The number of amides is 1. The molecule has 35 heavy (non-hydrogen) atoms. The van der Waals surface area contributed by atoms with Crippen LogP contribution in [0.3, 0.4) is 0 Å². The van der Waals surface area contributed by atoms with Crippen molar-refractivity contribution < 1.29 is 9.53 Å². The summed E-state index contributed by atoms with van der Waals surface area (Å²) in [5.74, 6) is -3.88. The van der Waals surface area contributed by atoms with Crippen LogP contribution in [-0.2, 0) is 0 Å². The van der Waals surface area contributed by atoms with Crippen LogP contribution in [0.1, 0.15) is 10.4 Å². The molecule has 0 bridgehead atoms. The Hall–Kier alpha value is -2.81. The van der Waals surface area contributed by atoms with Crippen molar-refractivity contribution in [2.24, 2.45) is 0 Å². The molecule has 0 atom stereocenters. The maximum atomic E-state index is 13.5. The molecule has 0 radical (unpaired) electrons. The number of methoxy groups -OCH3 is 1. The van der Waals surface area contributed by atoms with E-state index in [1.54, 1.807) is 31.4 Å². The minimum absolute atomic E-state index is 0.115. The maximum absolute atomic E-state index is 13.5. The molecule has 0 spiro atoms. The number of hydrogen-bond acceptors (Lipinski definition) is 2. The van der Waals surface area contributed by atoms with Gasteiger partial charge >= 0.3 is 221 Å². The van der Waals surface area contributed by atoms with Crippen molar-refractivity contribution in [3.05, 3.63) is 131 Å². The van der Waals surface area contributed by atoms with Gasteiger partial charge in [-0.05, 0) is 0 Å². The number of benzene rings is 4. The first kappa shape index (κ1) is 25.3. The zero-order chi connectivity index (χ0) is 24.9. The Morgan fingerprint density at radius 3 is 1.43 bits per heavy atom. The molecule has 0 aliphatic rings. The van der Waals surface area contributed by atoms with Gasteiger partial charge in [0.1, 0.15) is 0 Å². The van der Waals surface area contributed by atoms with Crippen molar-refractivity contribution in [3.8, 4) is 5.75 Å². The summed E-state index contributed by atoms with van der Waals surface area (Å²) in [5.41, 5.74) is 0.666. The number of carbonyl (C=O) groups is 1. The summed E-state index contributed by atoms with van der Waals surface area (Å²) in [6, 6.07) is 35.7. The average molecular weight is 543 g/mol. The Kier molecular flexibility index (Phi) is 7.54. The number of halogens is 3. The van der Waals surface area contributed by atoms with Gasteiger partial charge in [-0.2, -0.15) is 0 Å². The molecule has 0 fully saturated rings. The predicted molar refractivity (Wildman–Crippen MR) is 150 cm³/mol. The van der Waals surface area contributed by atoms with E-state index in [0.29, 0.717) is 11.3 Å². The zero-order valence-electron chi connectivity index (χ0n) is 18.9. The molecule has 0 aliphatic heterocycles. The van der Waals surface area contributed by atoms with Gasteiger partial charge in [0.15, 0.2) is 0 Å². The van der Waals surface area contributed by atoms with Crippen molar-refractivity contribution >= 4 is 62.2 Å². The van der Waals surface area contributed by atoms with Crippen LogP contribution >= 0.6 is 40.4 Å². The molecule has 1 N–H and O–H groups in total. The van der Waals surface area contributed by atoms with Crippen molar-refractivity contribution in [3.63, 3.8) is 0 Å². The summed E-state index contributed by atoms with van der Waals surface area (Å²) in [5, 5.41) is 5.39. The van der Waals surface area contributed by atoms with Crippen LogP contribution in [0.15, 0.2) is 125 Å². The summed E-state index contributed by atoms with van der Waals surface area (Å²) < 4.78 is 5.10. The monoisotopic (exact) mass is 541 g/mol. The normalized spacial score (nSPS) is 12.2. The fourth-order valence-corrected chi connectivity index (χ4v) is 11.4. The Labute approximate surface area is 220 Å². The first-order valence-electron chi connectivity index (χ1n) is 10.8. The second-order valence-electron chi connectivity index (χ2n) is 7.81. The first-order chi connectivity index (χ1) is 16.9. The van der Waals surface area contributed by atoms with Gasteiger partial charge in [0.2, 0.25) is 0 Å². The molecule has 4 rings (SSSR count). The predicted octanol–water partition coefficient (Wildman–Crippen LogP) is 6.71. The molecule has 0 heterocycles. The molecule has 0 aromatic heterocycles. The summed E-state index contributed by atoms with van der Waals surface area (Å²) in [4.78, 5) is 13.5. The second kappa shape index (κ2) is 10.4. The van der Waals surface area contributed by atoms with E-state index in [2.05, 4.69) is 5.32 Å². The van der Waals surface area contributed by atoms with Gasteiger partial charge < -0.3 is 0 Å². The fourth-order valence-electron chi connectivity index (χ4n) is 4.19. The van der Waals surface area contributed by atoms with Gasteiger partial charge in [-0.25, -0.2) is 0 Å². The Morgan fingerprint density at radius 2 is 1.09 bits per heavy atom. The van der Waals surface area contributed by atoms with E-state index >= 15 is 0 Å². The third kappa shape index (κ3) is 4.46. The Balaban J connectivity index is 2.03. The molecular weight excluding hydrogens is 520 g/mol. The third-order valence-corrected chi connectivity index (χ3v) is 13.8. The van der Waals surface area contributed by atoms with Crippen molar-refractivity contribution in [1.82, 2.24) is 5.32 Å². The molecule has 0 aliphatic carbocycles. The van der Waals surface area contributed by atoms with Crippen LogP contribution < -0.4 is 26.0 Å². The average Bonchev–Trinajstić information content (AvgIpc) is 2.92. The van der Waals surface area contributed by atoms with Crippen molar-refractivity contribution in [1.29, 1.82) is 0 Å². The quantitative estimate of drug-likeness (QED) is 0.264. The third-order valence-electron chi connectivity index (χ3n) is 5.91. The van der Waals surface area contributed by atoms with Crippen molar-refractivity contribution in [2.75, 3.05) is 7.11 Å². The number of ether oxygens (including phenoxy) is 1. The number of carbonyl (C=O) groups excluding carboxylic acids is 1. The van der Waals surface area contributed by atoms with E-state index in [1.807, 2.05) is 91.0 Å². The molecule has 178 valence electrons. The summed E-state index contributed by atoms with van der Waals surface area (Å²) in [6.07, 6.45) is 0. The number of nitrogens with one attached hydrogen (secondary N) is 1. The molecule has 3 nitrogen and oxygen atoms in total. The topological polar surface area (TPSA) is 38.3 Å². The second-order valence-corrected chi connectivity index (χ2v) is 14.8. The minimum atomic E-state index is -4.13. The summed E-state index contributed by atoms with van der Waals surface area (Å²) in [6.45, 7) is 0. The van der Waals surface area contributed by atoms with Crippen LogP contribution in [0.4, 0.5) is 0 Å². The molecule has 0 saturated heterocycles. The molecule has 0 unspecified atom stereocenters. The van der Waals surface area contributed by atoms with Gasteiger partial charge in [-0.3, -0.25) is 0 Å². The van der Waals surface area contributed by atoms with E-state index in [9.17, 15) is 4.79 Å². The van der Waals surface area contributed by atoms with E-state index in [0.717, 1.165) is 15.9 Å². The van der Waals surface area contributed by atoms with Crippen LogP contribution in [0.25, 0.3) is 0 Å². The SMILES string of the molecule is COc1ccc(C(=O)NC(=C(Cl)Cl)P(Cl)(c2ccccc2)(c2ccccc2)c2ccccc2)cc1. The van der Waals surface area contributed by atoms with Crippen molar-refractivity contribution in [2.45, 2.75) is 0 Å². The van der Waals surface area contributed by atoms with E-state index in [1.165, 1.54) is 0 Å². The van der Waals surface area contributed by atoms with Gasteiger partial charge in [0.25, 0.3) is 0 Å². The first-order valence-corrected chi connectivity index (χ1v) is 14.7. The van der Waals surface area contributed by atoms with Crippen LogP contribution in [0, 0.1) is 0 Å². The van der Waals surface area contributed by atoms with E-state index < -0.39 is 5.96 Å². The van der Waals surface area contributed by atoms with Gasteiger partial charge in [0, 0.05) is 0 Å². The molecular formula is C28H23Cl3NO2P. The molecule has 4 aromatic carbocycles. The Bertz CT molecular complexity index is 1240. The van der Waals surface area contributed by atoms with E-state index in [4.69, 9.17) is 39.2 Å². The van der Waals surface area contributed by atoms with Crippen LogP contribution in [0.5, 0.6) is 5.75 Å². The summed E-state index contributed by atoms with van der Waals surface area (Å²) >= 11 is 21.3. The molecule has 4 aromatic rings. The zero-order valence-corrected chi connectivity index (χ0v) is 22.0. The van der Waals surface area contributed by atoms with Gasteiger partial charge in [-0.15, -0.1) is 0 Å². The van der Waals surface area contributed by atoms with Crippen LogP contribution in [-0.4, -0.2) is 13.0 Å². The molecule has 0 saturated carbocycles. The Morgan fingerprint density at radius 1 is 0.686 bits per heavy atom. The number of rotatable bonds is 7. The molecule has 1 amide bonds. The fraction of sp³-hybridized carbons (Fsp3) is 0.0357. The van der Waals surface area contributed by atoms with Gasteiger partial charge in [-0.1, -0.05) is 0 Å². The standard InChI is InChI=1S/C28H23Cl3NO2P/c1-34-22-19-17-21(18-20-22)27(33)32-28(26(29)30)35(31,23-11-5-2-6-12-23,24-13-7-3-8-14-24)25-15-9-4-10-16-25/h2-20H,1H3,(H,32,33). The van der Waals surface area contributed by atoms with E-state index in [-0.39, 0.29) is 15.8 Å². The number of hydrogen-bond donors (Lipinski definition) is 1. The van der Waals surface area contributed by atoms with Crippen LogP contribution in [0.2, 0.25) is 0 Å². The van der Waals surface area contributed by atoms with Gasteiger partial charge in [0.05, 0.1) is 0 Å². The molecule has 7 heteroatoms.